The van der Waals surface area contributed by atoms with Gasteiger partial charge >= 0.3 is 23.9 Å². The van der Waals surface area contributed by atoms with E-state index in [0.29, 0.717) is 53.9 Å². The van der Waals surface area contributed by atoms with E-state index in [1.54, 1.807) is 54.6 Å². The van der Waals surface area contributed by atoms with Crippen LogP contribution >= 0.6 is 11.6 Å². The molecule has 0 aliphatic rings. The number of unbranched alkanes of at least 4 members (excludes halogenated alkanes) is 1. The van der Waals surface area contributed by atoms with E-state index in [-0.39, 0.29) is 23.3 Å². The fourth-order valence-corrected chi connectivity index (χ4v) is 9.76. The van der Waals surface area contributed by atoms with Crippen LogP contribution in [0.25, 0.3) is 0 Å². The summed E-state index contributed by atoms with van der Waals surface area (Å²) in [5.74, 6) is 0.0857. The molecule has 0 aliphatic carbocycles. The smallest absolute Gasteiger partial charge is 0.337 e. The average Bonchev–Trinajstić information content (AvgIpc) is 3.47. The molecule has 0 spiro atoms. The van der Waals surface area contributed by atoms with E-state index in [0.717, 1.165) is 126 Å². The highest BCUT2D eigenvalue weighted by Gasteiger charge is 2.16. The van der Waals surface area contributed by atoms with Crippen molar-refractivity contribution >= 4 is 35.5 Å². The molecule has 22 heteroatoms. The summed E-state index contributed by atoms with van der Waals surface area (Å²) in [5.41, 5.74) is 17.2. The Bertz CT molecular complexity index is 3490. The summed E-state index contributed by atoms with van der Waals surface area (Å²) in [6.45, 7) is 22.1. The van der Waals surface area contributed by atoms with Gasteiger partial charge < -0.3 is 37.9 Å². The summed E-state index contributed by atoms with van der Waals surface area (Å²) < 4.78 is 55.1. The largest absolute Gasteiger partial charge is 0.494 e. The number of benzene rings is 4. The number of esters is 4. The van der Waals surface area contributed by atoms with Gasteiger partial charge in [-0.05, 0) is 233 Å². The minimum absolute atomic E-state index is 0.0728. The quantitative estimate of drug-likeness (QED) is 0.0236. The van der Waals surface area contributed by atoms with Gasteiger partial charge in [0.1, 0.15) is 17.2 Å². The average molecular weight is 1250 g/mol. The molecule has 0 unspecified atom stereocenters. The molecule has 4 heterocycles. The minimum atomic E-state index is -0.513. The van der Waals surface area contributed by atoms with Gasteiger partial charge in [0, 0.05) is 22.8 Å². The van der Waals surface area contributed by atoms with Gasteiger partial charge in [0.25, 0.3) is 0 Å². The van der Waals surface area contributed by atoms with Gasteiger partial charge in [-0.1, -0.05) is 11.6 Å². The molecule has 0 saturated carbocycles. The van der Waals surface area contributed by atoms with Crippen LogP contribution in [0.1, 0.15) is 152 Å². The van der Waals surface area contributed by atoms with Gasteiger partial charge in [0.2, 0.25) is 0 Å². The van der Waals surface area contributed by atoms with Crippen LogP contribution in [0.2, 0.25) is 5.02 Å². The summed E-state index contributed by atoms with van der Waals surface area (Å²) in [7, 11) is 5.38. The summed E-state index contributed by atoms with van der Waals surface area (Å²) >= 11 is 6.08. The molecule has 4 aromatic carbocycles. The normalized spacial score (nSPS) is 10.6. The van der Waals surface area contributed by atoms with Crippen LogP contribution in [-0.2, 0) is 44.6 Å². The minimum Gasteiger partial charge on any atom is -0.494 e. The molecule has 0 amide bonds. The van der Waals surface area contributed by atoms with Gasteiger partial charge in [-0.15, -0.1) is 0 Å². The van der Waals surface area contributed by atoms with Gasteiger partial charge in [-0.3, -0.25) is 20.4 Å². The number of aromatic nitrogens is 8. The molecule has 0 radical (unpaired) electrons. The standard InChI is InChI=1S/C18H24N2O3.C17H21FN2O3.C16H19ClN2O3.C16H20N2O3/c1-11-9-15(18(21)22-5)10-12(2)17(11)23-8-6-7-16-13(3)19-20-14(16)4;1-11-14(12(2)20-19-11)6-4-5-9-23-16-10-13(17(21)22-3)7-8-15(16)18;1-10-13(11(2)19-18-10)5-4-8-22-15-9-12(16(20)21-3)6-7-14(15)17;1-11-15(12(2)18-17-11)5-4-10-21-14-8-6-13(7-9-14)16(19)20-3/h9-10H,6-8H2,1-5H3,(H,19,20);7-8,10H,4-6,9H2,1-3H3,(H,19,20);6-7,9H,4-5,8H2,1-3H3,(H,18,19);6-9H,4-5,10H2,1-3H3,(H,17,18). The Morgan fingerprint density at radius 3 is 1.18 bits per heavy atom. The highest BCUT2D eigenvalue weighted by Crippen LogP contribution is 2.28. The molecule has 0 aliphatic heterocycles. The lowest BCUT2D eigenvalue weighted by Gasteiger charge is -2.13. The lowest BCUT2D eigenvalue weighted by molar-refractivity contribution is 0.0591. The van der Waals surface area contributed by atoms with Crippen LogP contribution < -0.4 is 18.9 Å². The van der Waals surface area contributed by atoms with Crippen molar-refractivity contribution in [1.82, 2.24) is 40.8 Å². The molecule has 4 N–H and O–H groups in total. The molecular formula is C67H84ClFN8O12. The van der Waals surface area contributed by atoms with E-state index < -0.39 is 17.8 Å². The third-order valence-electron chi connectivity index (χ3n) is 14.5. The Morgan fingerprint density at radius 2 is 0.753 bits per heavy atom. The van der Waals surface area contributed by atoms with Gasteiger partial charge in [0.15, 0.2) is 11.6 Å². The molecule has 0 atom stereocenters. The number of hydrogen-bond donors (Lipinski definition) is 4. The first-order valence-electron chi connectivity index (χ1n) is 29.3. The number of aryl methyl sites for hydroxylation is 10. The van der Waals surface area contributed by atoms with Crippen molar-refractivity contribution in [1.29, 1.82) is 0 Å². The number of ether oxygens (including phenoxy) is 8. The summed E-state index contributed by atoms with van der Waals surface area (Å²) in [5, 5.41) is 29.1. The molecule has 89 heavy (non-hydrogen) atoms. The van der Waals surface area contributed by atoms with Crippen LogP contribution in [0, 0.1) is 75.1 Å². The number of H-pyrrole nitrogens is 4. The van der Waals surface area contributed by atoms with Crippen molar-refractivity contribution < 1.29 is 61.5 Å². The van der Waals surface area contributed by atoms with E-state index >= 15 is 0 Å². The Hall–Kier alpha value is -8.98. The van der Waals surface area contributed by atoms with E-state index in [1.165, 1.54) is 68.9 Å². The van der Waals surface area contributed by atoms with Crippen molar-refractivity contribution in [3.05, 3.63) is 185 Å². The summed E-state index contributed by atoms with van der Waals surface area (Å²) in [6.07, 6.45) is 8.02. The van der Waals surface area contributed by atoms with E-state index in [1.807, 2.05) is 69.2 Å². The van der Waals surface area contributed by atoms with Gasteiger partial charge in [-0.25, -0.2) is 23.6 Å². The van der Waals surface area contributed by atoms with Crippen molar-refractivity contribution in [2.24, 2.45) is 0 Å². The molecule has 8 aromatic rings. The molecule has 0 fully saturated rings. The molecule has 478 valence electrons. The van der Waals surface area contributed by atoms with Crippen molar-refractivity contribution in [2.45, 2.75) is 127 Å². The number of carbonyl (C=O) groups excluding carboxylic acids is 4. The third kappa shape index (κ3) is 21.4. The highest BCUT2D eigenvalue weighted by molar-refractivity contribution is 6.32. The number of rotatable bonds is 25. The number of halogens is 2. The fraction of sp³-hybridized carbons (Fsp3) is 0.403. The number of hydrogen-bond acceptors (Lipinski definition) is 16. The van der Waals surface area contributed by atoms with E-state index in [4.69, 9.17) is 35.3 Å². The lowest BCUT2D eigenvalue weighted by atomic mass is 10.1. The topological polar surface area (TPSA) is 257 Å². The third-order valence-corrected chi connectivity index (χ3v) is 14.9. The number of aromatic amines is 4. The van der Waals surface area contributed by atoms with Gasteiger partial charge in [0.05, 0.1) is 105 Å². The molecule has 4 aromatic heterocycles. The summed E-state index contributed by atoms with van der Waals surface area (Å²) in [4.78, 5) is 45.9. The zero-order valence-corrected chi connectivity index (χ0v) is 54.3. The van der Waals surface area contributed by atoms with Crippen molar-refractivity contribution in [3.63, 3.8) is 0 Å². The van der Waals surface area contributed by atoms with Crippen molar-refractivity contribution in [3.8, 4) is 23.0 Å². The maximum Gasteiger partial charge on any atom is 0.337 e. The second-order valence-corrected chi connectivity index (χ2v) is 21.4. The first kappa shape index (κ1) is 70.8. The Labute approximate surface area is 525 Å². The van der Waals surface area contributed by atoms with Crippen LogP contribution in [-0.4, -0.2) is 120 Å². The zero-order chi connectivity index (χ0) is 65.2. The SMILES string of the molecule is COC(=O)c1cc(C)c(OCCCc2c(C)n[nH]c2C)c(C)c1.COC(=O)c1ccc(Cl)c(OCCCc2c(C)n[nH]c2C)c1.COC(=O)c1ccc(F)c(OCCCCc2c(C)n[nH]c2C)c1.COC(=O)c1ccc(OCCCc2c(C)n[nH]c2C)cc1. The lowest BCUT2D eigenvalue weighted by Crippen LogP contribution is -2.06. The number of nitrogens with one attached hydrogen (secondary N) is 4. The maximum atomic E-state index is 13.7. The zero-order valence-electron chi connectivity index (χ0n) is 53.6. The predicted molar refractivity (Wildman–Crippen MR) is 338 cm³/mol. The Kier molecular flexibility index (Phi) is 28.4. The first-order valence-corrected chi connectivity index (χ1v) is 29.6. The molecular weight excluding hydrogens is 1160 g/mol. The van der Waals surface area contributed by atoms with Crippen molar-refractivity contribution in [2.75, 3.05) is 54.9 Å². The van der Waals surface area contributed by atoms with Crippen LogP contribution in [0.15, 0.2) is 72.8 Å². The summed E-state index contributed by atoms with van der Waals surface area (Å²) in [6, 6.07) is 19.4. The molecule has 20 nitrogen and oxygen atoms in total. The molecule has 0 bridgehead atoms. The van der Waals surface area contributed by atoms with Crippen LogP contribution in [0.4, 0.5) is 4.39 Å². The first-order chi connectivity index (χ1) is 42.6. The Morgan fingerprint density at radius 1 is 0.404 bits per heavy atom. The highest BCUT2D eigenvalue weighted by atomic mass is 35.5. The number of carbonyl (C=O) groups is 4. The monoisotopic (exact) mass is 1250 g/mol. The van der Waals surface area contributed by atoms with E-state index in [9.17, 15) is 23.6 Å². The fourth-order valence-electron chi connectivity index (χ4n) is 9.59. The second kappa shape index (κ2) is 35.7. The predicted octanol–water partition coefficient (Wildman–Crippen LogP) is 13.1. The Balaban J connectivity index is 0.000000216. The van der Waals surface area contributed by atoms with Crippen LogP contribution in [0.3, 0.4) is 0 Å². The van der Waals surface area contributed by atoms with Gasteiger partial charge in [-0.2, -0.15) is 20.4 Å². The van der Waals surface area contributed by atoms with E-state index in [2.05, 4.69) is 55.0 Å². The molecule has 8 rings (SSSR count). The number of nitrogens with zero attached hydrogens (tertiary/aromatic N) is 4. The second-order valence-electron chi connectivity index (χ2n) is 21.0. The van der Waals surface area contributed by atoms with Crippen LogP contribution in [0.5, 0.6) is 23.0 Å². The maximum absolute atomic E-state index is 13.7. The number of methoxy groups -OCH3 is 4. The molecule has 0 saturated heterocycles.